The first-order valence-electron chi connectivity index (χ1n) is 14.5. The van der Waals surface area contributed by atoms with Crippen molar-refractivity contribution in [2.45, 2.75) is 142 Å². The summed E-state index contributed by atoms with van der Waals surface area (Å²) in [7, 11) is -3.68. The molecule has 6 nitrogen and oxygen atoms in total. The zero-order chi connectivity index (χ0) is 24.9. The predicted octanol–water partition coefficient (Wildman–Crippen LogP) is 7.88. The molecular formula is C27H56NO5P. The molecule has 3 unspecified atom stereocenters. The smallest absolute Gasteiger partial charge is 0.391 e. The van der Waals surface area contributed by atoms with E-state index in [9.17, 15) is 9.67 Å². The molecule has 1 heterocycles. The second-order valence-corrected chi connectivity index (χ2v) is 11.7. The molecule has 1 rings (SSSR count). The number of likely N-dealkylation sites (tertiary alicyclic amines) is 1. The van der Waals surface area contributed by atoms with Crippen LogP contribution in [0, 0.1) is 0 Å². The maximum Gasteiger partial charge on any atom is 0.475 e. The first kappa shape index (κ1) is 32.1. The van der Waals surface area contributed by atoms with E-state index in [1.54, 1.807) is 6.92 Å². The Hall–Kier alpha value is 0.0300. The van der Waals surface area contributed by atoms with Crippen LogP contribution in [-0.2, 0) is 18.1 Å². The van der Waals surface area contributed by atoms with E-state index in [0.717, 1.165) is 38.9 Å². The van der Waals surface area contributed by atoms with Crippen molar-refractivity contribution < 1.29 is 23.2 Å². The van der Waals surface area contributed by atoms with Crippen LogP contribution in [0.2, 0.25) is 0 Å². The molecular weight excluding hydrogens is 449 g/mol. The highest BCUT2D eigenvalue weighted by molar-refractivity contribution is 7.48. The molecule has 1 fully saturated rings. The van der Waals surface area contributed by atoms with Gasteiger partial charge in [-0.25, -0.2) is 4.57 Å². The molecule has 1 aliphatic rings. The van der Waals surface area contributed by atoms with Gasteiger partial charge in [0.2, 0.25) is 0 Å². The summed E-state index contributed by atoms with van der Waals surface area (Å²) < 4.78 is 30.2. The average molecular weight is 506 g/mol. The third-order valence-corrected chi connectivity index (χ3v) is 8.23. The van der Waals surface area contributed by atoms with E-state index in [2.05, 4.69) is 11.8 Å². The van der Waals surface area contributed by atoms with Crippen molar-refractivity contribution in [1.82, 2.24) is 4.90 Å². The van der Waals surface area contributed by atoms with E-state index >= 15 is 0 Å². The average Bonchev–Trinajstić information content (AvgIpc) is 3.33. The quantitative estimate of drug-likeness (QED) is 0.106. The lowest BCUT2D eigenvalue weighted by Crippen LogP contribution is -2.27. The maximum absolute atomic E-state index is 13.2. The van der Waals surface area contributed by atoms with Crippen molar-refractivity contribution in [3.63, 3.8) is 0 Å². The molecule has 0 aromatic rings. The molecule has 34 heavy (non-hydrogen) atoms. The van der Waals surface area contributed by atoms with Crippen molar-refractivity contribution in [1.29, 1.82) is 0 Å². The van der Waals surface area contributed by atoms with Gasteiger partial charge in [-0.15, -0.1) is 0 Å². The van der Waals surface area contributed by atoms with Crippen LogP contribution < -0.4 is 0 Å². The standard InChI is InChI=1S/C27H56NO5P/c1-4-6-7-8-9-10-11-12-13-14-15-16-17-20-27(26(3)29)33-34(30,31-24-5-2)32-25-23-28-21-18-19-22-28/h26-27,29H,4-25H2,1-3H3. The molecule has 1 aliphatic heterocycles. The normalized spacial score (nSPS) is 18.2. The Bertz CT molecular complexity index is 499. The van der Waals surface area contributed by atoms with Crippen LogP contribution in [-0.4, -0.2) is 55.1 Å². The highest BCUT2D eigenvalue weighted by atomic mass is 31.2. The third-order valence-electron chi connectivity index (χ3n) is 6.70. The number of aliphatic hydroxyl groups is 1. The number of hydrogen-bond donors (Lipinski definition) is 1. The minimum Gasteiger partial charge on any atom is -0.391 e. The van der Waals surface area contributed by atoms with Gasteiger partial charge < -0.3 is 10.0 Å². The van der Waals surface area contributed by atoms with Gasteiger partial charge in [0.15, 0.2) is 0 Å². The van der Waals surface area contributed by atoms with Crippen molar-refractivity contribution in [3.05, 3.63) is 0 Å². The predicted molar refractivity (Wildman–Crippen MR) is 142 cm³/mol. The van der Waals surface area contributed by atoms with Gasteiger partial charge >= 0.3 is 7.82 Å². The molecule has 0 spiro atoms. The fourth-order valence-electron chi connectivity index (χ4n) is 4.50. The van der Waals surface area contributed by atoms with Crippen LogP contribution in [0.5, 0.6) is 0 Å². The minimum absolute atomic E-state index is 0.326. The fourth-order valence-corrected chi connectivity index (χ4v) is 6.02. The van der Waals surface area contributed by atoms with E-state index in [4.69, 9.17) is 13.6 Å². The van der Waals surface area contributed by atoms with Gasteiger partial charge in [0, 0.05) is 6.54 Å². The Morgan fingerprint density at radius 1 is 0.765 bits per heavy atom. The van der Waals surface area contributed by atoms with Crippen LogP contribution in [0.3, 0.4) is 0 Å². The van der Waals surface area contributed by atoms with Gasteiger partial charge in [0.05, 0.1) is 25.4 Å². The highest BCUT2D eigenvalue weighted by Crippen LogP contribution is 2.51. The Balaban J connectivity index is 2.21. The number of phosphoric acid groups is 1. The fraction of sp³-hybridized carbons (Fsp3) is 1.00. The first-order chi connectivity index (χ1) is 16.5. The van der Waals surface area contributed by atoms with E-state index in [-0.39, 0.29) is 0 Å². The molecule has 0 amide bonds. The summed E-state index contributed by atoms with van der Waals surface area (Å²) in [6, 6.07) is 0. The summed E-state index contributed by atoms with van der Waals surface area (Å²) in [5, 5.41) is 10.2. The number of aliphatic hydroxyl groups excluding tert-OH is 1. The lowest BCUT2D eigenvalue weighted by molar-refractivity contribution is 0.00345. The number of nitrogens with zero attached hydrogens (tertiary/aromatic N) is 1. The Labute approximate surface area is 211 Å². The maximum atomic E-state index is 13.2. The third kappa shape index (κ3) is 16.7. The topological polar surface area (TPSA) is 68.2 Å². The summed E-state index contributed by atoms with van der Waals surface area (Å²) in [6.07, 6.45) is 19.5. The molecule has 1 saturated heterocycles. The Kier molecular flexibility index (Phi) is 19.9. The second kappa shape index (κ2) is 21.1. The SMILES string of the molecule is CCCCCCCCCCCCCCCC(OP(=O)(OCCC)OCCN1CCCC1)C(C)O. The van der Waals surface area contributed by atoms with Crippen LogP contribution in [0.1, 0.15) is 130 Å². The van der Waals surface area contributed by atoms with Crippen LogP contribution in [0.4, 0.5) is 0 Å². The summed E-state index contributed by atoms with van der Waals surface area (Å²) in [5.74, 6) is 0. The zero-order valence-electron chi connectivity index (χ0n) is 22.7. The van der Waals surface area contributed by atoms with Gasteiger partial charge in [-0.3, -0.25) is 13.6 Å². The molecule has 0 saturated carbocycles. The van der Waals surface area contributed by atoms with Crippen molar-refractivity contribution in [3.8, 4) is 0 Å². The number of hydrogen-bond acceptors (Lipinski definition) is 6. The monoisotopic (exact) mass is 505 g/mol. The highest BCUT2D eigenvalue weighted by Gasteiger charge is 2.33. The summed E-state index contributed by atoms with van der Waals surface area (Å²) >= 11 is 0. The lowest BCUT2D eigenvalue weighted by atomic mass is 10.0. The van der Waals surface area contributed by atoms with E-state index in [0.29, 0.717) is 19.6 Å². The van der Waals surface area contributed by atoms with Gasteiger partial charge in [-0.2, -0.15) is 0 Å². The van der Waals surface area contributed by atoms with E-state index in [1.165, 1.54) is 83.5 Å². The molecule has 0 aliphatic carbocycles. The van der Waals surface area contributed by atoms with Gasteiger partial charge in [-0.1, -0.05) is 97.3 Å². The van der Waals surface area contributed by atoms with Crippen molar-refractivity contribution in [2.24, 2.45) is 0 Å². The van der Waals surface area contributed by atoms with E-state index < -0.39 is 20.0 Å². The van der Waals surface area contributed by atoms with Crippen molar-refractivity contribution >= 4 is 7.82 Å². The Morgan fingerprint density at radius 3 is 1.76 bits per heavy atom. The van der Waals surface area contributed by atoms with Crippen LogP contribution >= 0.6 is 7.82 Å². The molecule has 7 heteroatoms. The molecule has 3 atom stereocenters. The van der Waals surface area contributed by atoms with Crippen molar-refractivity contribution in [2.75, 3.05) is 32.8 Å². The second-order valence-electron chi connectivity index (χ2n) is 10.1. The lowest BCUT2D eigenvalue weighted by Gasteiger charge is -2.26. The van der Waals surface area contributed by atoms with Crippen LogP contribution in [0.15, 0.2) is 0 Å². The molecule has 0 radical (unpaired) electrons. The number of unbranched alkanes of at least 4 members (excludes halogenated alkanes) is 12. The number of phosphoric ester groups is 1. The summed E-state index contributed by atoms with van der Waals surface area (Å²) in [5.41, 5.74) is 0. The van der Waals surface area contributed by atoms with Gasteiger partial charge in [0.25, 0.3) is 0 Å². The first-order valence-corrected chi connectivity index (χ1v) is 15.9. The van der Waals surface area contributed by atoms with Gasteiger partial charge in [-0.05, 0) is 45.7 Å². The van der Waals surface area contributed by atoms with E-state index in [1.807, 2.05) is 6.92 Å². The summed E-state index contributed by atoms with van der Waals surface area (Å²) in [6.45, 7) is 9.46. The Morgan fingerprint density at radius 2 is 1.26 bits per heavy atom. The zero-order valence-corrected chi connectivity index (χ0v) is 23.6. The van der Waals surface area contributed by atoms with Crippen LogP contribution in [0.25, 0.3) is 0 Å². The largest absolute Gasteiger partial charge is 0.475 e. The summed E-state index contributed by atoms with van der Waals surface area (Å²) in [4.78, 5) is 2.31. The molecule has 0 bridgehead atoms. The minimum atomic E-state index is -3.68. The van der Waals surface area contributed by atoms with Gasteiger partial charge in [0.1, 0.15) is 0 Å². The molecule has 204 valence electrons. The molecule has 0 aromatic heterocycles. The molecule has 1 N–H and O–H groups in total. The number of rotatable bonds is 24. The molecule has 0 aromatic carbocycles.